The highest BCUT2D eigenvalue weighted by molar-refractivity contribution is 8.18. The first-order chi connectivity index (χ1) is 14.8. The molecule has 162 valence electrons. The number of nitrogens with zero attached hydrogens (tertiary/aromatic N) is 1. The van der Waals surface area contributed by atoms with Crippen molar-refractivity contribution >= 4 is 52.2 Å². The van der Waals surface area contributed by atoms with Crippen LogP contribution < -0.4 is 14.8 Å². The van der Waals surface area contributed by atoms with Crippen molar-refractivity contribution in [3.05, 3.63) is 58.0 Å². The topological polar surface area (TPSA) is 84.9 Å². The summed E-state index contributed by atoms with van der Waals surface area (Å²) >= 11 is 6.61. The molecule has 0 bridgehead atoms. The second kappa shape index (κ2) is 9.89. The normalized spacial score (nSPS) is 15.0. The van der Waals surface area contributed by atoms with Gasteiger partial charge in [-0.2, -0.15) is 0 Å². The third kappa shape index (κ3) is 5.80. The third-order valence-corrected chi connectivity index (χ3v) is 5.31. The van der Waals surface area contributed by atoms with E-state index in [1.807, 2.05) is 13.8 Å². The molecule has 1 saturated heterocycles. The molecule has 0 radical (unpaired) electrons. The van der Waals surface area contributed by atoms with Crippen molar-refractivity contribution < 1.29 is 23.9 Å². The maximum absolute atomic E-state index is 12.7. The molecule has 31 heavy (non-hydrogen) atoms. The van der Waals surface area contributed by atoms with E-state index < -0.39 is 17.1 Å². The lowest BCUT2D eigenvalue weighted by Crippen LogP contribution is -2.36. The van der Waals surface area contributed by atoms with Crippen LogP contribution in [0.4, 0.5) is 10.5 Å². The van der Waals surface area contributed by atoms with Crippen molar-refractivity contribution in [3.63, 3.8) is 0 Å². The van der Waals surface area contributed by atoms with Gasteiger partial charge in [0.05, 0.1) is 18.1 Å². The Bertz CT molecular complexity index is 1040. The lowest BCUT2D eigenvalue weighted by Gasteiger charge is -2.14. The molecule has 0 spiro atoms. The average Bonchev–Trinajstić information content (AvgIpc) is 2.97. The molecule has 1 N–H and O–H groups in total. The number of anilines is 1. The molecular weight excluding hydrogens is 440 g/mol. The van der Waals surface area contributed by atoms with Gasteiger partial charge in [-0.15, -0.1) is 0 Å². The minimum atomic E-state index is -0.525. The minimum absolute atomic E-state index is 0.0183. The number of methoxy groups -OCH3 is 1. The summed E-state index contributed by atoms with van der Waals surface area (Å²) < 4.78 is 11.0. The van der Waals surface area contributed by atoms with Crippen molar-refractivity contribution in [2.24, 2.45) is 0 Å². The van der Waals surface area contributed by atoms with E-state index in [-0.39, 0.29) is 17.6 Å². The Balaban J connectivity index is 1.71. The summed E-state index contributed by atoms with van der Waals surface area (Å²) in [6, 6.07) is 11.8. The lowest BCUT2D eigenvalue weighted by atomic mass is 10.2. The first-order valence-corrected chi connectivity index (χ1v) is 10.6. The maximum atomic E-state index is 12.7. The van der Waals surface area contributed by atoms with Gasteiger partial charge in [0.15, 0.2) is 11.5 Å². The van der Waals surface area contributed by atoms with Crippen molar-refractivity contribution in [2.45, 2.75) is 20.0 Å². The molecule has 3 rings (SSSR count). The van der Waals surface area contributed by atoms with Crippen LogP contribution >= 0.6 is 23.4 Å². The standard InChI is InChI=1S/C22H21ClN2O5S/c1-13(2)30-17-9-4-14(10-18(17)29-3)11-19-21(27)25(22(28)31-19)12-20(26)24-16-7-5-15(23)6-8-16/h4-11,13H,12H2,1-3H3,(H,24,26)/b19-11-. The largest absolute Gasteiger partial charge is 0.493 e. The van der Waals surface area contributed by atoms with Crippen LogP contribution in [-0.2, 0) is 9.59 Å². The zero-order chi connectivity index (χ0) is 22.5. The quantitative estimate of drug-likeness (QED) is 0.597. The molecule has 0 unspecified atom stereocenters. The van der Waals surface area contributed by atoms with E-state index in [0.29, 0.717) is 27.8 Å². The van der Waals surface area contributed by atoms with Crippen molar-refractivity contribution in [1.82, 2.24) is 4.90 Å². The van der Waals surface area contributed by atoms with E-state index in [0.717, 1.165) is 16.7 Å². The zero-order valence-corrected chi connectivity index (χ0v) is 18.8. The highest BCUT2D eigenvalue weighted by Crippen LogP contribution is 2.34. The number of ether oxygens (including phenoxy) is 2. The summed E-state index contributed by atoms with van der Waals surface area (Å²) in [5, 5.41) is 2.67. The third-order valence-electron chi connectivity index (χ3n) is 4.15. The monoisotopic (exact) mass is 460 g/mol. The number of carbonyl (C=O) groups is 3. The van der Waals surface area contributed by atoms with Gasteiger partial charge < -0.3 is 14.8 Å². The number of imide groups is 1. The predicted molar refractivity (Wildman–Crippen MR) is 122 cm³/mol. The molecule has 0 aromatic heterocycles. The Labute approximate surface area is 189 Å². The Hall–Kier alpha value is -2.97. The van der Waals surface area contributed by atoms with Crippen molar-refractivity contribution in [1.29, 1.82) is 0 Å². The number of amides is 3. The van der Waals surface area contributed by atoms with E-state index in [4.69, 9.17) is 21.1 Å². The Morgan fingerprint density at radius 3 is 2.52 bits per heavy atom. The second-order valence-electron chi connectivity index (χ2n) is 6.90. The second-order valence-corrected chi connectivity index (χ2v) is 8.33. The fourth-order valence-corrected chi connectivity index (χ4v) is 3.75. The molecule has 1 aliphatic heterocycles. The Morgan fingerprint density at radius 1 is 1.16 bits per heavy atom. The van der Waals surface area contributed by atoms with E-state index in [1.54, 1.807) is 48.5 Å². The lowest BCUT2D eigenvalue weighted by molar-refractivity contribution is -0.127. The summed E-state index contributed by atoms with van der Waals surface area (Å²) in [4.78, 5) is 38.4. The number of benzene rings is 2. The van der Waals surface area contributed by atoms with Crippen LogP contribution in [0.2, 0.25) is 5.02 Å². The summed E-state index contributed by atoms with van der Waals surface area (Å²) in [7, 11) is 1.53. The highest BCUT2D eigenvalue weighted by atomic mass is 35.5. The Morgan fingerprint density at radius 2 is 1.87 bits per heavy atom. The smallest absolute Gasteiger partial charge is 0.294 e. The molecule has 7 nitrogen and oxygen atoms in total. The Kier molecular flexibility index (Phi) is 7.25. The average molecular weight is 461 g/mol. The first kappa shape index (κ1) is 22.7. The maximum Gasteiger partial charge on any atom is 0.294 e. The van der Waals surface area contributed by atoms with E-state index in [2.05, 4.69) is 5.32 Å². The summed E-state index contributed by atoms with van der Waals surface area (Å²) in [6.07, 6.45) is 1.57. The molecule has 0 aliphatic carbocycles. The van der Waals surface area contributed by atoms with Crippen LogP contribution in [0.1, 0.15) is 19.4 Å². The van der Waals surface area contributed by atoms with Gasteiger partial charge in [0, 0.05) is 10.7 Å². The summed E-state index contributed by atoms with van der Waals surface area (Å²) in [6.45, 7) is 3.44. The fraction of sp³-hybridized carbons (Fsp3) is 0.227. The van der Waals surface area contributed by atoms with Gasteiger partial charge in [-0.05, 0) is 73.6 Å². The van der Waals surface area contributed by atoms with E-state index in [1.165, 1.54) is 7.11 Å². The molecule has 0 atom stereocenters. The number of hydrogen-bond acceptors (Lipinski definition) is 6. The highest BCUT2D eigenvalue weighted by Gasteiger charge is 2.36. The first-order valence-electron chi connectivity index (χ1n) is 9.42. The molecule has 1 fully saturated rings. The van der Waals surface area contributed by atoms with Gasteiger partial charge in [-0.1, -0.05) is 17.7 Å². The van der Waals surface area contributed by atoms with Crippen LogP contribution in [0.3, 0.4) is 0 Å². The van der Waals surface area contributed by atoms with Crippen LogP contribution in [0.15, 0.2) is 47.4 Å². The predicted octanol–water partition coefficient (Wildman–Crippen LogP) is 4.81. The van der Waals surface area contributed by atoms with Crippen molar-refractivity contribution in [2.75, 3.05) is 19.0 Å². The van der Waals surface area contributed by atoms with Gasteiger partial charge in [-0.25, -0.2) is 0 Å². The van der Waals surface area contributed by atoms with Gasteiger partial charge in [0.1, 0.15) is 6.54 Å². The van der Waals surface area contributed by atoms with Gasteiger partial charge >= 0.3 is 0 Å². The van der Waals surface area contributed by atoms with E-state index >= 15 is 0 Å². The summed E-state index contributed by atoms with van der Waals surface area (Å²) in [5.41, 5.74) is 1.19. The molecule has 2 aromatic rings. The molecule has 9 heteroatoms. The van der Waals surface area contributed by atoms with Gasteiger partial charge in [-0.3, -0.25) is 19.3 Å². The SMILES string of the molecule is COc1cc(/C=C2\SC(=O)N(CC(=O)Nc3ccc(Cl)cc3)C2=O)ccc1OC(C)C. The molecular formula is C22H21ClN2O5S. The van der Waals surface area contributed by atoms with Crippen LogP contribution in [0, 0.1) is 0 Å². The van der Waals surface area contributed by atoms with Crippen LogP contribution in [0.5, 0.6) is 11.5 Å². The number of nitrogens with one attached hydrogen (secondary N) is 1. The van der Waals surface area contributed by atoms with Gasteiger partial charge in [0.25, 0.3) is 11.1 Å². The van der Waals surface area contributed by atoms with Gasteiger partial charge in [0.2, 0.25) is 5.91 Å². The van der Waals surface area contributed by atoms with Crippen LogP contribution in [-0.4, -0.2) is 41.7 Å². The number of carbonyl (C=O) groups excluding carboxylic acids is 3. The number of hydrogen-bond donors (Lipinski definition) is 1. The molecule has 1 heterocycles. The number of rotatable bonds is 7. The molecule has 2 aromatic carbocycles. The van der Waals surface area contributed by atoms with Crippen LogP contribution in [0.25, 0.3) is 6.08 Å². The zero-order valence-electron chi connectivity index (χ0n) is 17.2. The molecule has 3 amide bonds. The van der Waals surface area contributed by atoms with E-state index in [9.17, 15) is 14.4 Å². The minimum Gasteiger partial charge on any atom is -0.493 e. The fourth-order valence-electron chi connectivity index (χ4n) is 2.79. The molecule has 0 saturated carbocycles. The number of thioether (sulfide) groups is 1. The molecule has 1 aliphatic rings. The number of halogens is 1. The van der Waals surface area contributed by atoms with Crippen molar-refractivity contribution in [3.8, 4) is 11.5 Å². The summed E-state index contributed by atoms with van der Waals surface area (Å²) in [5.74, 6) is 0.0936.